The van der Waals surface area contributed by atoms with Gasteiger partial charge in [-0.3, -0.25) is 9.59 Å². The summed E-state index contributed by atoms with van der Waals surface area (Å²) in [7, 11) is 0. The minimum Gasteiger partial charge on any atom is -0.482 e. The number of benzene rings is 2. The van der Waals surface area contributed by atoms with E-state index in [9.17, 15) is 22.8 Å². The number of aromatic nitrogens is 1. The molecule has 6 nitrogen and oxygen atoms in total. The van der Waals surface area contributed by atoms with Gasteiger partial charge >= 0.3 is 12.1 Å². The molecule has 3 rings (SSSR count). The topological polar surface area (TPSA) is 94.3 Å². The molecule has 0 spiro atoms. The first-order valence-corrected chi connectivity index (χ1v) is 9.60. The largest absolute Gasteiger partial charge is 0.482 e. The van der Waals surface area contributed by atoms with Crippen LogP contribution < -0.4 is 15.8 Å². The maximum Gasteiger partial charge on any atom is 0.471 e. The first kappa shape index (κ1) is 22.8. The molecule has 2 aromatic carbocycles. The van der Waals surface area contributed by atoms with Crippen LogP contribution in [0.3, 0.4) is 0 Å². The number of pyridine rings is 1. The van der Waals surface area contributed by atoms with Crippen LogP contribution in [0.1, 0.15) is 29.1 Å². The Balaban J connectivity index is 1.88. The van der Waals surface area contributed by atoms with Crippen molar-refractivity contribution in [3.05, 3.63) is 84.2 Å². The summed E-state index contributed by atoms with van der Waals surface area (Å²) < 4.78 is 44.1. The number of nitrogens with two attached hydrogens (primary N) is 1. The van der Waals surface area contributed by atoms with Crippen LogP contribution in [0.4, 0.5) is 13.2 Å². The van der Waals surface area contributed by atoms with Crippen molar-refractivity contribution in [2.24, 2.45) is 5.73 Å². The number of amides is 2. The average Bonchev–Trinajstić information content (AvgIpc) is 2.78. The molecule has 0 aliphatic rings. The van der Waals surface area contributed by atoms with Gasteiger partial charge in [-0.1, -0.05) is 54.6 Å². The number of hydrogen-bond donors (Lipinski definition) is 2. The van der Waals surface area contributed by atoms with Gasteiger partial charge in [0, 0.05) is 0 Å². The molecule has 0 saturated heterocycles. The first-order valence-electron chi connectivity index (χ1n) is 9.60. The Labute approximate surface area is 182 Å². The summed E-state index contributed by atoms with van der Waals surface area (Å²) in [5, 5.41) is 1.93. The molecule has 166 valence electrons. The summed E-state index contributed by atoms with van der Waals surface area (Å²) >= 11 is 0. The lowest BCUT2D eigenvalue weighted by atomic mass is 9.99. The van der Waals surface area contributed by atoms with E-state index in [0.717, 1.165) is 11.1 Å². The van der Waals surface area contributed by atoms with E-state index in [-0.39, 0.29) is 11.4 Å². The molecular weight excluding hydrogens is 423 g/mol. The predicted octanol–water partition coefficient (Wildman–Crippen LogP) is 4.03. The number of nitrogens with zero attached hydrogens (tertiary/aromatic N) is 1. The number of halogens is 3. The second-order valence-corrected chi connectivity index (χ2v) is 7.03. The SMILES string of the molecule is CC(NC(=O)C(F)(F)F)[C@H](Oc1ccc(C(N)=O)nc1)c1ccc(-c2ccccc2)cc1. The summed E-state index contributed by atoms with van der Waals surface area (Å²) in [6.07, 6.45) is -4.75. The van der Waals surface area contributed by atoms with E-state index in [2.05, 4.69) is 4.98 Å². The molecule has 3 aromatic rings. The predicted molar refractivity (Wildman–Crippen MR) is 112 cm³/mol. The van der Waals surface area contributed by atoms with Gasteiger partial charge in [-0.15, -0.1) is 0 Å². The fourth-order valence-electron chi connectivity index (χ4n) is 3.06. The van der Waals surface area contributed by atoms with Gasteiger partial charge in [-0.25, -0.2) is 4.98 Å². The highest BCUT2D eigenvalue weighted by atomic mass is 19.4. The number of primary amides is 1. The fourth-order valence-corrected chi connectivity index (χ4v) is 3.06. The number of hydrogen-bond acceptors (Lipinski definition) is 4. The molecule has 0 bridgehead atoms. The maximum absolute atomic E-state index is 12.8. The van der Waals surface area contributed by atoms with Crippen LogP contribution in [0.5, 0.6) is 5.75 Å². The monoisotopic (exact) mass is 443 g/mol. The number of nitrogens with one attached hydrogen (secondary N) is 1. The van der Waals surface area contributed by atoms with E-state index < -0.39 is 30.1 Å². The molecule has 2 amide bonds. The van der Waals surface area contributed by atoms with Crippen LogP contribution in [0.25, 0.3) is 11.1 Å². The van der Waals surface area contributed by atoms with Crippen molar-refractivity contribution in [1.82, 2.24) is 10.3 Å². The zero-order chi connectivity index (χ0) is 23.3. The van der Waals surface area contributed by atoms with Crippen molar-refractivity contribution in [1.29, 1.82) is 0 Å². The molecule has 0 fully saturated rings. The maximum atomic E-state index is 12.8. The minimum atomic E-state index is -5.03. The molecule has 32 heavy (non-hydrogen) atoms. The molecule has 9 heteroatoms. The first-order chi connectivity index (χ1) is 15.1. The molecular formula is C23H20F3N3O3. The number of alkyl halides is 3. The molecule has 1 heterocycles. The Kier molecular flexibility index (Phi) is 6.77. The zero-order valence-electron chi connectivity index (χ0n) is 17.0. The van der Waals surface area contributed by atoms with E-state index in [4.69, 9.17) is 10.5 Å². The van der Waals surface area contributed by atoms with Crippen molar-refractivity contribution in [3.63, 3.8) is 0 Å². The Hall–Kier alpha value is -3.88. The smallest absolute Gasteiger partial charge is 0.471 e. The van der Waals surface area contributed by atoms with Crippen LogP contribution in [-0.2, 0) is 4.79 Å². The second-order valence-electron chi connectivity index (χ2n) is 7.03. The van der Waals surface area contributed by atoms with E-state index in [1.54, 1.807) is 12.1 Å². The standard InChI is InChI=1S/C23H20F3N3O3/c1-14(29-22(31)23(24,25)26)20(32-18-11-12-19(21(27)30)28-13-18)17-9-7-16(8-10-17)15-5-3-2-4-6-15/h2-14,20H,1H3,(H2,27,30)(H,29,31)/t14?,20-/m0/s1. The molecule has 0 radical (unpaired) electrons. The normalized spacial score (nSPS) is 13.1. The molecule has 0 saturated carbocycles. The van der Waals surface area contributed by atoms with Crippen LogP contribution >= 0.6 is 0 Å². The van der Waals surface area contributed by atoms with Gasteiger partial charge in [0.2, 0.25) is 0 Å². The number of carbonyl (C=O) groups excluding carboxylic acids is 2. The van der Waals surface area contributed by atoms with Crippen molar-refractivity contribution in [2.45, 2.75) is 25.2 Å². The average molecular weight is 443 g/mol. The third-order valence-electron chi connectivity index (χ3n) is 4.67. The number of carbonyl (C=O) groups is 2. The van der Waals surface area contributed by atoms with E-state index in [1.165, 1.54) is 25.3 Å². The Bertz CT molecular complexity index is 1070. The summed E-state index contributed by atoms with van der Waals surface area (Å²) in [6, 6.07) is 18.3. The summed E-state index contributed by atoms with van der Waals surface area (Å²) in [4.78, 5) is 26.5. The minimum absolute atomic E-state index is 0.0135. The van der Waals surface area contributed by atoms with Gasteiger partial charge in [0.1, 0.15) is 17.5 Å². The van der Waals surface area contributed by atoms with Gasteiger partial charge in [-0.2, -0.15) is 13.2 Å². The fraction of sp³-hybridized carbons (Fsp3) is 0.174. The summed E-state index contributed by atoms with van der Waals surface area (Å²) in [5.74, 6) is -2.60. The van der Waals surface area contributed by atoms with Crippen molar-refractivity contribution >= 4 is 11.8 Å². The number of ether oxygens (including phenoxy) is 1. The highest BCUT2D eigenvalue weighted by Gasteiger charge is 2.40. The van der Waals surface area contributed by atoms with Crippen LogP contribution in [0.2, 0.25) is 0 Å². The lowest BCUT2D eigenvalue weighted by Gasteiger charge is -2.27. The van der Waals surface area contributed by atoms with Crippen LogP contribution in [-0.4, -0.2) is 29.0 Å². The molecule has 2 atom stereocenters. The Morgan fingerprint density at radius 3 is 2.12 bits per heavy atom. The third kappa shape index (κ3) is 5.63. The Morgan fingerprint density at radius 1 is 0.969 bits per heavy atom. The van der Waals surface area contributed by atoms with Gasteiger partial charge in [0.15, 0.2) is 0 Å². The molecule has 1 aromatic heterocycles. The zero-order valence-corrected chi connectivity index (χ0v) is 17.0. The van der Waals surface area contributed by atoms with Gasteiger partial charge in [-0.05, 0) is 35.7 Å². The second kappa shape index (κ2) is 9.51. The van der Waals surface area contributed by atoms with Gasteiger partial charge in [0.25, 0.3) is 5.91 Å². The van der Waals surface area contributed by atoms with E-state index in [0.29, 0.717) is 5.56 Å². The molecule has 3 N–H and O–H groups in total. The molecule has 1 unspecified atom stereocenters. The van der Waals surface area contributed by atoms with Crippen molar-refractivity contribution in [3.8, 4) is 16.9 Å². The van der Waals surface area contributed by atoms with E-state index >= 15 is 0 Å². The molecule has 0 aliphatic heterocycles. The third-order valence-corrected chi connectivity index (χ3v) is 4.67. The van der Waals surface area contributed by atoms with E-state index in [1.807, 2.05) is 47.8 Å². The van der Waals surface area contributed by atoms with Gasteiger partial charge in [0.05, 0.1) is 12.2 Å². The van der Waals surface area contributed by atoms with Crippen LogP contribution in [0, 0.1) is 0 Å². The number of rotatable bonds is 7. The highest BCUT2D eigenvalue weighted by Crippen LogP contribution is 2.28. The van der Waals surface area contributed by atoms with Crippen molar-refractivity contribution in [2.75, 3.05) is 0 Å². The lowest BCUT2D eigenvalue weighted by Crippen LogP contribution is -2.45. The van der Waals surface area contributed by atoms with Crippen LogP contribution in [0.15, 0.2) is 72.9 Å². The summed E-state index contributed by atoms with van der Waals surface area (Å²) in [6.45, 7) is 1.41. The van der Waals surface area contributed by atoms with Gasteiger partial charge < -0.3 is 15.8 Å². The summed E-state index contributed by atoms with van der Waals surface area (Å²) in [5.41, 5.74) is 7.60. The van der Waals surface area contributed by atoms with Crippen molar-refractivity contribution < 1.29 is 27.5 Å². The quantitative estimate of drug-likeness (QED) is 0.576. The molecule has 0 aliphatic carbocycles. The highest BCUT2D eigenvalue weighted by molar-refractivity contribution is 5.90. The lowest BCUT2D eigenvalue weighted by molar-refractivity contribution is -0.174. The Morgan fingerprint density at radius 2 is 1.59 bits per heavy atom.